The Hall–Kier alpha value is -1.68. The van der Waals surface area contributed by atoms with Crippen LogP contribution in [0, 0.1) is 0 Å². The van der Waals surface area contributed by atoms with Gasteiger partial charge in [0.1, 0.15) is 29.8 Å². The Bertz CT molecular complexity index is 479. The van der Waals surface area contributed by atoms with Crippen LogP contribution in [0.1, 0.15) is 0 Å². The maximum absolute atomic E-state index is 10.1. The van der Waals surface area contributed by atoms with Gasteiger partial charge in [0.2, 0.25) is 0 Å². The average molecular weight is 283 g/mol. The average Bonchev–Trinajstić information content (AvgIpc) is 2.97. The Kier molecular flexibility index (Phi) is 3.34. The van der Waals surface area contributed by atoms with Gasteiger partial charge in [-0.2, -0.15) is 0 Å². The molecule has 0 aliphatic carbocycles. The molecule has 0 bridgehead atoms. The van der Waals surface area contributed by atoms with E-state index in [1.807, 2.05) is 0 Å². The molecule has 1 fully saturated rings. The molecule has 0 aromatic heterocycles. The molecule has 5 N–H and O–H groups in total. The summed E-state index contributed by atoms with van der Waals surface area (Å²) in [6.07, 6.45) is -0.923. The highest BCUT2D eigenvalue weighted by Gasteiger charge is 2.48. The number of hydrogen-bond acceptors (Lipinski definition) is 9. The summed E-state index contributed by atoms with van der Waals surface area (Å²) in [5.74, 6) is 0.408. The Morgan fingerprint density at radius 1 is 1.50 bits per heavy atom. The molecular weight excluding hydrogens is 266 g/mol. The van der Waals surface area contributed by atoms with E-state index in [9.17, 15) is 10.2 Å². The summed E-state index contributed by atoms with van der Waals surface area (Å²) in [6.45, 7) is 0.194. The largest absolute Gasteiger partial charge is 0.387 e. The summed E-state index contributed by atoms with van der Waals surface area (Å²) in [5, 5.41) is 22.8. The molecule has 0 aromatic rings. The number of nitrogens with zero attached hydrogens (tertiary/aromatic N) is 3. The number of aliphatic hydroxyl groups is 2. The van der Waals surface area contributed by atoms with Crippen molar-refractivity contribution in [2.45, 2.75) is 30.7 Å². The fraction of sp³-hybridized carbons (Fsp3) is 0.636. The fourth-order valence-corrected chi connectivity index (χ4v) is 2.49. The van der Waals surface area contributed by atoms with Crippen LogP contribution in [0.4, 0.5) is 0 Å². The number of hydrogen-bond donors (Lipinski definition) is 4. The molecule has 1 saturated heterocycles. The van der Waals surface area contributed by atoms with Gasteiger partial charge < -0.3 is 35.6 Å². The number of ether oxygens (including phenoxy) is 2. The maximum Gasteiger partial charge on any atom is 0.172 e. The van der Waals surface area contributed by atoms with E-state index in [2.05, 4.69) is 15.3 Å². The van der Waals surface area contributed by atoms with E-state index in [1.165, 1.54) is 19.8 Å². The van der Waals surface area contributed by atoms with Gasteiger partial charge >= 0.3 is 0 Å². The molecule has 0 radical (unpaired) electrons. The first-order valence-corrected chi connectivity index (χ1v) is 6.23. The van der Waals surface area contributed by atoms with Gasteiger partial charge in [0.25, 0.3) is 0 Å². The van der Waals surface area contributed by atoms with Crippen molar-refractivity contribution in [3.63, 3.8) is 0 Å². The van der Waals surface area contributed by atoms with Crippen LogP contribution >= 0.6 is 0 Å². The van der Waals surface area contributed by atoms with E-state index in [1.54, 1.807) is 4.90 Å². The second-order valence-electron chi connectivity index (χ2n) is 4.79. The van der Waals surface area contributed by atoms with Gasteiger partial charge in [-0.1, -0.05) is 0 Å². The maximum atomic E-state index is 10.1. The number of fused-ring (bicyclic) bond motifs is 1. The van der Waals surface area contributed by atoms with Gasteiger partial charge in [0.05, 0.1) is 19.3 Å². The van der Waals surface area contributed by atoms with Crippen molar-refractivity contribution in [2.75, 3.05) is 13.7 Å². The minimum atomic E-state index is -1.08. The topological polar surface area (TPSA) is 125 Å². The van der Waals surface area contributed by atoms with Crippen molar-refractivity contribution in [1.82, 2.24) is 10.2 Å². The van der Waals surface area contributed by atoms with E-state index in [0.29, 0.717) is 11.5 Å². The quantitative estimate of drug-likeness (QED) is 0.451. The summed E-state index contributed by atoms with van der Waals surface area (Å²) in [5.41, 5.74) is 6.34. The molecular formula is C11H17N5O4. The van der Waals surface area contributed by atoms with Gasteiger partial charge in [0, 0.05) is 7.11 Å². The Morgan fingerprint density at radius 2 is 2.30 bits per heavy atom. The zero-order valence-electron chi connectivity index (χ0n) is 10.9. The van der Waals surface area contributed by atoms with E-state index in [0.717, 1.165) is 0 Å². The number of nitrogens with one attached hydrogen (secondary N) is 1. The number of methoxy groups -OCH3 is 1. The van der Waals surface area contributed by atoms with Crippen LogP contribution < -0.4 is 11.1 Å². The van der Waals surface area contributed by atoms with Crippen molar-refractivity contribution in [1.29, 1.82) is 0 Å². The summed E-state index contributed by atoms with van der Waals surface area (Å²) >= 11 is 0. The minimum Gasteiger partial charge on any atom is -0.387 e. The van der Waals surface area contributed by atoms with Gasteiger partial charge in [-0.05, 0) is 0 Å². The van der Waals surface area contributed by atoms with Crippen LogP contribution in [0.2, 0.25) is 0 Å². The second kappa shape index (κ2) is 5.02. The van der Waals surface area contributed by atoms with E-state index < -0.39 is 30.7 Å². The van der Waals surface area contributed by atoms with Crippen molar-refractivity contribution in [3.8, 4) is 0 Å². The van der Waals surface area contributed by atoms with Crippen molar-refractivity contribution in [3.05, 3.63) is 11.5 Å². The van der Waals surface area contributed by atoms with Crippen LogP contribution in [-0.4, -0.2) is 72.2 Å². The van der Waals surface area contributed by atoms with Crippen molar-refractivity contribution < 1.29 is 19.7 Å². The molecule has 5 atom stereocenters. The van der Waals surface area contributed by atoms with E-state index in [-0.39, 0.29) is 6.61 Å². The molecule has 3 heterocycles. The lowest BCUT2D eigenvalue weighted by Gasteiger charge is -2.30. The third-order valence-corrected chi connectivity index (χ3v) is 3.53. The normalized spacial score (nSPS) is 39.4. The molecule has 20 heavy (non-hydrogen) atoms. The molecule has 9 heteroatoms. The van der Waals surface area contributed by atoms with Gasteiger partial charge in [-0.25, -0.2) is 9.98 Å². The molecule has 3 aliphatic rings. The molecule has 0 spiro atoms. The molecule has 3 aliphatic heterocycles. The van der Waals surface area contributed by atoms with Gasteiger partial charge in [-0.3, -0.25) is 0 Å². The lowest BCUT2D eigenvalue weighted by molar-refractivity contribution is -0.0793. The second-order valence-corrected chi connectivity index (χ2v) is 4.79. The first-order chi connectivity index (χ1) is 9.63. The third kappa shape index (κ3) is 1.95. The van der Waals surface area contributed by atoms with Crippen LogP contribution in [0.15, 0.2) is 21.5 Å². The molecule has 0 saturated carbocycles. The van der Waals surface area contributed by atoms with Crippen LogP contribution in [0.5, 0.6) is 0 Å². The summed E-state index contributed by atoms with van der Waals surface area (Å²) in [4.78, 5) is 10.0. The third-order valence-electron chi connectivity index (χ3n) is 3.53. The number of rotatable bonds is 3. The predicted molar refractivity (Wildman–Crippen MR) is 69.5 cm³/mol. The summed E-state index contributed by atoms with van der Waals surface area (Å²) < 4.78 is 10.6. The summed E-state index contributed by atoms with van der Waals surface area (Å²) in [7, 11) is 1.51. The first-order valence-electron chi connectivity index (χ1n) is 6.23. The Morgan fingerprint density at radius 3 is 3.05 bits per heavy atom. The highest BCUT2D eigenvalue weighted by Crippen LogP contribution is 2.31. The van der Waals surface area contributed by atoms with Crippen LogP contribution in [0.25, 0.3) is 0 Å². The molecule has 0 aromatic carbocycles. The lowest BCUT2D eigenvalue weighted by Crippen LogP contribution is -2.47. The predicted octanol–water partition coefficient (Wildman–Crippen LogP) is -2.49. The highest BCUT2D eigenvalue weighted by molar-refractivity contribution is 5.68. The lowest BCUT2D eigenvalue weighted by atomic mass is 10.1. The standard InChI is InChI=1S/C11H17N5O4/c1-19-2-5-7(17)8(18)11(20-5)16-4-15-6-9(12)13-3-14-10(6)16/h3-5,7-8,10-11,17-18H,2,12H2,1H3,(H,13,14)/t5-,7-,8-,10?,11-/m1/s1. The number of aliphatic hydroxyl groups excluding tert-OH is 2. The van der Waals surface area contributed by atoms with Crippen LogP contribution in [0.3, 0.4) is 0 Å². The van der Waals surface area contributed by atoms with Crippen molar-refractivity contribution >= 4 is 12.7 Å². The SMILES string of the molecule is COC[C@H]1O[C@@H](N2C=NC3=C(N)NC=NC32)[C@H](O)[C@@H]1O. The number of nitrogens with two attached hydrogens (primary N) is 1. The molecule has 9 nitrogen and oxygen atoms in total. The highest BCUT2D eigenvalue weighted by atomic mass is 16.6. The number of aliphatic imine (C=N–C) groups is 2. The summed E-state index contributed by atoms with van der Waals surface area (Å²) in [6, 6.07) is 0. The molecule has 1 unspecified atom stereocenters. The monoisotopic (exact) mass is 283 g/mol. The molecule has 110 valence electrons. The zero-order valence-corrected chi connectivity index (χ0v) is 10.9. The Labute approximate surface area is 115 Å². The molecule has 3 rings (SSSR count). The zero-order chi connectivity index (χ0) is 14.3. The fourth-order valence-electron chi connectivity index (χ4n) is 2.49. The van der Waals surface area contributed by atoms with E-state index >= 15 is 0 Å². The van der Waals surface area contributed by atoms with Crippen molar-refractivity contribution in [2.24, 2.45) is 15.7 Å². The van der Waals surface area contributed by atoms with Gasteiger partial charge in [0.15, 0.2) is 12.4 Å². The van der Waals surface area contributed by atoms with Gasteiger partial charge in [-0.15, -0.1) is 0 Å². The smallest absolute Gasteiger partial charge is 0.172 e. The van der Waals surface area contributed by atoms with E-state index in [4.69, 9.17) is 15.2 Å². The van der Waals surface area contributed by atoms with Crippen LogP contribution in [-0.2, 0) is 9.47 Å². The molecule has 0 amide bonds. The minimum absolute atomic E-state index is 0.194. The first kappa shape index (κ1) is 13.3. The Balaban J connectivity index is 1.79.